The molecule has 0 unspecified atom stereocenters. The van der Waals surface area contributed by atoms with E-state index in [0.717, 1.165) is 16.7 Å². The van der Waals surface area contributed by atoms with Gasteiger partial charge in [-0.15, -0.1) is 0 Å². The highest BCUT2D eigenvalue weighted by Crippen LogP contribution is 2.39. The van der Waals surface area contributed by atoms with Gasteiger partial charge in [-0.1, -0.05) is 91.0 Å². The van der Waals surface area contributed by atoms with Gasteiger partial charge in [-0.3, -0.25) is 4.98 Å². The molecule has 4 rings (SSSR count). The molecule has 0 aliphatic rings. The van der Waals surface area contributed by atoms with Gasteiger partial charge in [0, 0.05) is 6.20 Å². The lowest BCUT2D eigenvalue weighted by atomic mass is 9.77. The fraction of sp³-hybridized carbons (Fsp3) is 0.0435. The minimum absolute atomic E-state index is 0.386. The van der Waals surface area contributed by atoms with Crippen molar-refractivity contribution in [2.75, 3.05) is 5.32 Å². The van der Waals surface area contributed by atoms with Crippen LogP contribution in [0.5, 0.6) is 0 Å². The molecule has 4 aromatic rings. The highest BCUT2D eigenvalue weighted by molar-refractivity contribution is 5.57. The second-order valence-corrected chi connectivity index (χ2v) is 6.26. The number of H-pyrrole nitrogens is 1. The highest BCUT2D eigenvalue weighted by atomic mass is 16.1. The number of hydrogen-bond donors (Lipinski definition) is 2. The normalized spacial score (nSPS) is 11.1. The fourth-order valence-electron chi connectivity index (χ4n) is 3.42. The Balaban J connectivity index is 2.01. The minimum Gasteiger partial charge on any atom is -0.354 e. The van der Waals surface area contributed by atoms with E-state index in [-0.39, 0.29) is 5.69 Å². The summed E-state index contributed by atoms with van der Waals surface area (Å²) in [7, 11) is 0. The van der Waals surface area contributed by atoms with E-state index >= 15 is 0 Å². The molecule has 0 saturated carbocycles. The van der Waals surface area contributed by atoms with Crippen LogP contribution in [-0.4, -0.2) is 9.97 Å². The predicted octanol–water partition coefficient (Wildman–Crippen LogP) is 4.17. The zero-order valence-electron chi connectivity index (χ0n) is 14.7. The summed E-state index contributed by atoms with van der Waals surface area (Å²) in [5.41, 5.74) is 2.15. The van der Waals surface area contributed by atoms with Gasteiger partial charge in [0.25, 0.3) is 0 Å². The first-order valence-electron chi connectivity index (χ1n) is 8.79. The van der Waals surface area contributed by atoms with E-state index in [4.69, 9.17) is 0 Å². The molecule has 0 fully saturated rings. The molecule has 0 atom stereocenters. The molecule has 0 spiro atoms. The Morgan fingerprint density at radius 2 is 1.11 bits per heavy atom. The SMILES string of the molecule is O=c1nccc(NC(c2ccccc2)(c2ccccc2)c2ccccc2)[nH]1. The first-order chi connectivity index (χ1) is 13.3. The number of nitrogens with zero attached hydrogens (tertiary/aromatic N) is 1. The number of nitrogens with one attached hydrogen (secondary N) is 2. The molecule has 0 aliphatic heterocycles. The van der Waals surface area contributed by atoms with E-state index in [1.807, 2.05) is 54.6 Å². The second kappa shape index (κ2) is 7.30. The second-order valence-electron chi connectivity index (χ2n) is 6.26. The first kappa shape index (κ1) is 16.8. The monoisotopic (exact) mass is 353 g/mol. The van der Waals surface area contributed by atoms with Crippen molar-refractivity contribution in [2.24, 2.45) is 0 Å². The summed E-state index contributed by atoms with van der Waals surface area (Å²) in [5, 5.41) is 3.59. The summed E-state index contributed by atoms with van der Waals surface area (Å²) in [4.78, 5) is 18.3. The van der Waals surface area contributed by atoms with E-state index in [2.05, 4.69) is 51.7 Å². The van der Waals surface area contributed by atoms with Gasteiger partial charge in [0.1, 0.15) is 11.4 Å². The summed E-state index contributed by atoms with van der Waals surface area (Å²) >= 11 is 0. The summed E-state index contributed by atoms with van der Waals surface area (Å²) < 4.78 is 0. The Morgan fingerprint density at radius 3 is 1.52 bits per heavy atom. The van der Waals surface area contributed by atoms with Crippen LogP contribution < -0.4 is 11.0 Å². The number of hydrogen-bond acceptors (Lipinski definition) is 3. The zero-order valence-corrected chi connectivity index (χ0v) is 14.7. The molecule has 132 valence electrons. The fourth-order valence-corrected chi connectivity index (χ4v) is 3.42. The van der Waals surface area contributed by atoms with Crippen LogP contribution in [0.4, 0.5) is 5.82 Å². The summed E-state index contributed by atoms with van der Waals surface area (Å²) in [5.74, 6) is 0.603. The van der Waals surface area contributed by atoms with Crippen molar-refractivity contribution in [1.29, 1.82) is 0 Å². The smallest absolute Gasteiger partial charge is 0.346 e. The average Bonchev–Trinajstić information content (AvgIpc) is 2.74. The standard InChI is InChI=1S/C23H19N3O/c27-22-24-17-16-21(25-22)26-23(18-10-4-1-5-11-18,19-12-6-2-7-13-19)20-14-8-3-9-15-20/h1-17H,(H2,24,25,26,27). The lowest BCUT2D eigenvalue weighted by Gasteiger charge is -2.37. The van der Waals surface area contributed by atoms with Gasteiger partial charge in [0.15, 0.2) is 0 Å². The third kappa shape index (κ3) is 3.25. The van der Waals surface area contributed by atoms with Crippen LogP contribution in [0.15, 0.2) is 108 Å². The molecule has 4 nitrogen and oxygen atoms in total. The molecular weight excluding hydrogens is 334 g/mol. The van der Waals surface area contributed by atoms with Gasteiger partial charge in [0.2, 0.25) is 0 Å². The quantitative estimate of drug-likeness (QED) is 0.529. The summed E-state index contributed by atoms with van der Waals surface area (Å²) in [6.45, 7) is 0. The maximum Gasteiger partial charge on any atom is 0.346 e. The molecule has 1 aromatic heterocycles. The molecule has 0 bridgehead atoms. The summed E-state index contributed by atoms with van der Waals surface area (Å²) in [6, 6.07) is 32.4. The van der Waals surface area contributed by atoms with Gasteiger partial charge in [-0.2, -0.15) is 0 Å². The highest BCUT2D eigenvalue weighted by Gasteiger charge is 2.36. The topological polar surface area (TPSA) is 57.8 Å². The Bertz CT molecular complexity index is 964. The number of aromatic amines is 1. The number of aromatic nitrogens is 2. The van der Waals surface area contributed by atoms with Crippen LogP contribution in [0.1, 0.15) is 16.7 Å². The van der Waals surface area contributed by atoms with Gasteiger partial charge < -0.3 is 5.32 Å². The molecule has 0 aliphatic carbocycles. The van der Waals surface area contributed by atoms with Crippen molar-refractivity contribution in [2.45, 2.75) is 5.54 Å². The van der Waals surface area contributed by atoms with Crippen molar-refractivity contribution in [3.8, 4) is 0 Å². The minimum atomic E-state index is -0.673. The predicted molar refractivity (Wildman–Crippen MR) is 108 cm³/mol. The first-order valence-corrected chi connectivity index (χ1v) is 8.79. The Kier molecular flexibility index (Phi) is 4.54. The molecular formula is C23H19N3O. The van der Waals surface area contributed by atoms with E-state index < -0.39 is 5.54 Å². The number of anilines is 1. The van der Waals surface area contributed by atoms with Gasteiger partial charge in [0.05, 0.1) is 0 Å². The van der Waals surface area contributed by atoms with Crippen molar-refractivity contribution in [3.05, 3.63) is 130 Å². The van der Waals surface area contributed by atoms with Gasteiger partial charge >= 0.3 is 5.69 Å². The Labute approximate surface area is 157 Å². The van der Waals surface area contributed by atoms with Crippen LogP contribution in [0.3, 0.4) is 0 Å². The molecule has 2 N–H and O–H groups in total. The third-order valence-electron chi connectivity index (χ3n) is 4.62. The van der Waals surface area contributed by atoms with E-state index in [0.29, 0.717) is 5.82 Å². The van der Waals surface area contributed by atoms with Crippen LogP contribution in [-0.2, 0) is 5.54 Å². The van der Waals surface area contributed by atoms with E-state index in [1.54, 1.807) is 6.07 Å². The van der Waals surface area contributed by atoms with Crippen LogP contribution in [0.25, 0.3) is 0 Å². The van der Waals surface area contributed by atoms with Crippen LogP contribution in [0, 0.1) is 0 Å². The maximum atomic E-state index is 11.8. The Morgan fingerprint density at radius 1 is 0.667 bits per heavy atom. The maximum absolute atomic E-state index is 11.8. The lowest BCUT2D eigenvalue weighted by molar-refractivity contribution is 0.705. The molecule has 1 heterocycles. The van der Waals surface area contributed by atoms with Crippen molar-refractivity contribution >= 4 is 5.82 Å². The van der Waals surface area contributed by atoms with E-state index in [1.165, 1.54) is 6.20 Å². The van der Waals surface area contributed by atoms with Crippen molar-refractivity contribution in [1.82, 2.24) is 9.97 Å². The molecule has 4 heteroatoms. The molecule has 0 saturated heterocycles. The zero-order chi connectivity index (χ0) is 18.5. The molecule has 3 aromatic carbocycles. The lowest BCUT2D eigenvalue weighted by Crippen LogP contribution is -2.38. The molecule has 0 amide bonds. The van der Waals surface area contributed by atoms with Gasteiger partial charge in [-0.05, 0) is 22.8 Å². The van der Waals surface area contributed by atoms with Crippen molar-refractivity contribution in [3.63, 3.8) is 0 Å². The number of rotatable bonds is 5. The third-order valence-corrected chi connectivity index (χ3v) is 4.62. The summed E-state index contributed by atoms with van der Waals surface area (Å²) in [6.07, 6.45) is 1.51. The largest absolute Gasteiger partial charge is 0.354 e. The van der Waals surface area contributed by atoms with Crippen LogP contribution >= 0.6 is 0 Å². The van der Waals surface area contributed by atoms with E-state index in [9.17, 15) is 4.79 Å². The molecule has 0 radical (unpaired) electrons. The Hall–Kier alpha value is -3.66. The number of benzene rings is 3. The average molecular weight is 353 g/mol. The van der Waals surface area contributed by atoms with Crippen molar-refractivity contribution < 1.29 is 0 Å². The van der Waals surface area contributed by atoms with Gasteiger partial charge in [-0.25, -0.2) is 9.78 Å². The van der Waals surface area contributed by atoms with Crippen LogP contribution in [0.2, 0.25) is 0 Å². The molecule has 27 heavy (non-hydrogen) atoms.